The van der Waals surface area contributed by atoms with Crippen molar-refractivity contribution >= 4 is 35.0 Å². The minimum atomic E-state index is -0.188. The molecule has 1 aromatic heterocycles. The molecule has 1 heterocycles. The highest BCUT2D eigenvalue weighted by atomic mass is 35.5. The van der Waals surface area contributed by atoms with Crippen molar-refractivity contribution in [2.45, 2.75) is 12.1 Å². The van der Waals surface area contributed by atoms with Gasteiger partial charge in [-0.2, -0.15) is 0 Å². The Labute approximate surface area is 184 Å². The Kier molecular flexibility index (Phi) is 7.12. The van der Waals surface area contributed by atoms with Crippen LogP contribution in [0.5, 0.6) is 17.2 Å². The number of amides is 1. The number of carbonyl (C=O) groups excluding carboxylic acids is 1. The van der Waals surface area contributed by atoms with Crippen LogP contribution >= 0.6 is 23.4 Å². The molecule has 1 amide bonds. The number of ether oxygens (including phenoxy) is 3. The highest BCUT2D eigenvalue weighted by Gasteiger charge is 2.16. The molecule has 0 saturated carbocycles. The molecular formula is C21H22ClN3O4S. The normalized spacial score (nSPS) is 10.6. The van der Waals surface area contributed by atoms with Gasteiger partial charge in [0.1, 0.15) is 0 Å². The van der Waals surface area contributed by atoms with E-state index in [1.54, 1.807) is 18.3 Å². The lowest BCUT2D eigenvalue weighted by Gasteiger charge is -2.15. The number of methoxy groups -OCH3 is 3. The summed E-state index contributed by atoms with van der Waals surface area (Å²) in [5.41, 5.74) is 2.41. The van der Waals surface area contributed by atoms with Gasteiger partial charge in [0.05, 0.1) is 32.8 Å². The molecule has 1 N–H and O–H groups in total. The van der Waals surface area contributed by atoms with Crippen LogP contribution in [0, 0.1) is 6.92 Å². The van der Waals surface area contributed by atoms with Crippen LogP contribution in [0.3, 0.4) is 0 Å². The summed E-state index contributed by atoms with van der Waals surface area (Å²) >= 11 is 7.57. The van der Waals surface area contributed by atoms with Gasteiger partial charge in [-0.3, -0.25) is 9.36 Å². The molecule has 158 valence electrons. The van der Waals surface area contributed by atoms with E-state index in [0.717, 1.165) is 11.3 Å². The fourth-order valence-electron chi connectivity index (χ4n) is 2.92. The molecule has 0 fully saturated rings. The summed E-state index contributed by atoms with van der Waals surface area (Å²) in [5, 5.41) is 4.22. The number of hydrogen-bond acceptors (Lipinski definition) is 6. The number of anilines is 1. The molecule has 0 radical (unpaired) electrons. The third-order valence-corrected chi connectivity index (χ3v) is 5.76. The van der Waals surface area contributed by atoms with Crippen molar-refractivity contribution < 1.29 is 19.0 Å². The molecule has 30 heavy (non-hydrogen) atoms. The summed E-state index contributed by atoms with van der Waals surface area (Å²) in [5.74, 6) is 1.38. The van der Waals surface area contributed by atoms with Crippen molar-refractivity contribution in [2.24, 2.45) is 0 Å². The minimum absolute atomic E-state index is 0.174. The van der Waals surface area contributed by atoms with E-state index >= 15 is 0 Å². The van der Waals surface area contributed by atoms with Crippen molar-refractivity contribution in [3.63, 3.8) is 0 Å². The Bertz CT molecular complexity index is 1030. The molecule has 2 aromatic carbocycles. The van der Waals surface area contributed by atoms with Gasteiger partial charge in [-0.05, 0) is 24.6 Å². The van der Waals surface area contributed by atoms with Gasteiger partial charge < -0.3 is 19.5 Å². The second-order valence-corrected chi connectivity index (χ2v) is 7.56. The maximum Gasteiger partial charge on any atom is 0.234 e. The van der Waals surface area contributed by atoms with Gasteiger partial charge in [-0.1, -0.05) is 29.4 Å². The van der Waals surface area contributed by atoms with Crippen LogP contribution in [-0.4, -0.2) is 42.5 Å². The predicted molar refractivity (Wildman–Crippen MR) is 119 cm³/mol. The number of benzene rings is 2. The summed E-state index contributed by atoms with van der Waals surface area (Å²) in [6.07, 6.45) is 3.54. The maximum absolute atomic E-state index is 12.5. The second-order valence-electron chi connectivity index (χ2n) is 6.21. The van der Waals surface area contributed by atoms with Crippen LogP contribution < -0.4 is 19.5 Å². The molecule has 0 aliphatic heterocycles. The lowest BCUT2D eigenvalue weighted by Crippen LogP contribution is -2.15. The standard InChI is InChI=1S/C21H22ClN3O4S/c1-13-15(22)6-5-7-16(13)25-9-8-23-21(25)30-12-19(26)24-14-10-17(27-2)20(29-4)18(11-14)28-3/h5-11H,12H2,1-4H3,(H,24,26). The topological polar surface area (TPSA) is 74.6 Å². The van der Waals surface area contributed by atoms with Crippen LogP contribution in [0.2, 0.25) is 5.02 Å². The number of halogens is 1. The van der Waals surface area contributed by atoms with Crippen LogP contribution in [0.15, 0.2) is 47.9 Å². The molecule has 0 bridgehead atoms. The van der Waals surface area contributed by atoms with Crippen LogP contribution in [-0.2, 0) is 4.79 Å². The van der Waals surface area contributed by atoms with Crippen LogP contribution in [0.4, 0.5) is 5.69 Å². The largest absolute Gasteiger partial charge is 0.493 e. The number of aromatic nitrogens is 2. The van der Waals surface area contributed by atoms with E-state index in [9.17, 15) is 4.79 Å². The number of carbonyl (C=O) groups is 1. The van der Waals surface area contributed by atoms with Crippen molar-refractivity contribution in [1.29, 1.82) is 0 Å². The molecule has 9 heteroatoms. The average molecular weight is 448 g/mol. The number of nitrogens with one attached hydrogen (secondary N) is 1. The van der Waals surface area contributed by atoms with Crippen LogP contribution in [0.1, 0.15) is 5.56 Å². The third kappa shape index (κ3) is 4.66. The predicted octanol–water partition coefficient (Wildman–Crippen LogP) is 4.59. The highest BCUT2D eigenvalue weighted by Crippen LogP contribution is 2.40. The molecule has 3 aromatic rings. The molecule has 0 unspecified atom stereocenters. The SMILES string of the molecule is COc1cc(NC(=O)CSc2nccn2-c2cccc(Cl)c2C)cc(OC)c1OC. The Balaban J connectivity index is 1.72. The Hall–Kier alpha value is -2.84. The number of imidazole rings is 1. The Morgan fingerprint density at radius 1 is 1.17 bits per heavy atom. The monoisotopic (exact) mass is 447 g/mol. The summed E-state index contributed by atoms with van der Waals surface area (Å²) in [6.45, 7) is 1.95. The average Bonchev–Trinajstić information content (AvgIpc) is 3.21. The smallest absolute Gasteiger partial charge is 0.234 e. The summed E-state index contributed by atoms with van der Waals surface area (Å²) in [7, 11) is 4.58. The molecule has 3 rings (SSSR count). The Morgan fingerprint density at radius 3 is 2.50 bits per heavy atom. The van der Waals surface area contributed by atoms with E-state index in [1.165, 1.54) is 33.1 Å². The first-order valence-corrected chi connectivity index (χ1v) is 10.4. The van der Waals surface area contributed by atoms with Crippen molar-refractivity contribution in [3.8, 4) is 22.9 Å². The lowest BCUT2D eigenvalue weighted by atomic mass is 10.2. The first-order chi connectivity index (χ1) is 14.5. The third-order valence-electron chi connectivity index (χ3n) is 4.39. The van der Waals surface area contributed by atoms with Gasteiger partial charge in [0.2, 0.25) is 11.7 Å². The van der Waals surface area contributed by atoms with Crippen molar-refractivity contribution in [2.75, 3.05) is 32.4 Å². The molecular weight excluding hydrogens is 426 g/mol. The zero-order chi connectivity index (χ0) is 21.7. The Morgan fingerprint density at radius 2 is 1.87 bits per heavy atom. The lowest BCUT2D eigenvalue weighted by molar-refractivity contribution is -0.113. The quantitative estimate of drug-likeness (QED) is 0.509. The molecule has 0 aliphatic rings. The van der Waals surface area contributed by atoms with E-state index in [1.807, 2.05) is 35.9 Å². The van der Waals surface area contributed by atoms with Gasteiger partial charge in [-0.15, -0.1) is 0 Å². The first-order valence-electron chi connectivity index (χ1n) is 9.00. The van der Waals surface area contributed by atoms with E-state index in [0.29, 0.717) is 33.1 Å². The first kappa shape index (κ1) is 21.9. The highest BCUT2D eigenvalue weighted by molar-refractivity contribution is 7.99. The number of thioether (sulfide) groups is 1. The molecule has 0 atom stereocenters. The fraction of sp³-hybridized carbons (Fsp3) is 0.238. The maximum atomic E-state index is 12.5. The number of hydrogen-bond donors (Lipinski definition) is 1. The minimum Gasteiger partial charge on any atom is -0.493 e. The van der Waals surface area contributed by atoms with E-state index in [-0.39, 0.29) is 11.7 Å². The number of nitrogens with zero attached hydrogens (tertiary/aromatic N) is 2. The van der Waals surface area contributed by atoms with Gasteiger partial charge in [0.15, 0.2) is 16.7 Å². The van der Waals surface area contributed by atoms with Gasteiger partial charge in [-0.25, -0.2) is 4.98 Å². The van der Waals surface area contributed by atoms with Gasteiger partial charge >= 0.3 is 0 Å². The van der Waals surface area contributed by atoms with E-state index in [2.05, 4.69) is 10.3 Å². The van der Waals surface area contributed by atoms with Crippen LogP contribution in [0.25, 0.3) is 5.69 Å². The zero-order valence-corrected chi connectivity index (χ0v) is 18.6. The van der Waals surface area contributed by atoms with Crippen molar-refractivity contribution in [1.82, 2.24) is 9.55 Å². The molecule has 0 spiro atoms. The summed E-state index contributed by atoms with van der Waals surface area (Å²) in [4.78, 5) is 16.9. The van der Waals surface area contributed by atoms with E-state index < -0.39 is 0 Å². The molecule has 7 nitrogen and oxygen atoms in total. The van der Waals surface area contributed by atoms with Crippen molar-refractivity contribution in [3.05, 3.63) is 53.3 Å². The summed E-state index contributed by atoms with van der Waals surface area (Å²) in [6, 6.07) is 9.05. The number of rotatable bonds is 8. The molecule has 0 saturated heterocycles. The van der Waals surface area contributed by atoms with Gasteiger partial charge in [0.25, 0.3) is 0 Å². The molecule has 0 aliphatic carbocycles. The van der Waals surface area contributed by atoms with Gasteiger partial charge in [0, 0.05) is 35.2 Å². The second kappa shape index (κ2) is 9.77. The zero-order valence-electron chi connectivity index (χ0n) is 17.1. The van der Waals surface area contributed by atoms with E-state index in [4.69, 9.17) is 25.8 Å². The summed E-state index contributed by atoms with van der Waals surface area (Å²) < 4.78 is 17.9. The fourth-order valence-corrected chi connectivity index (χ4v) is 3.85.